The molecular formula is C22H20FNO6. The van der Waals surface area contributed by atoms with Gasteiger partial charge in [-0.3, -0.25) is 9.59 Å². The van der Waals surface area contributed by atoms with Crippen LogP contribution in [0.3, 0.4) is 0 Å². The van der Waals surface area contributed by atoms with Crippen LogP contribution >= 0.6 is 0 Å². The molecular weight excluding hydrogens is 393 g/mol. The third-order valence-corrected chi connectivity index (χ3v) is 5.09. The minimum absolute atomic E-state index is 0.0675. The number of Topliss-reactive ketones (excluding diaryl/α,β-unsaturated/α-hetero) is 1. The number of aliphatic hydroxyl groups is 1. The molecule has 2 aromatic carbocycles. The van der Waals surface area contributed by atoms with E-state index in [0.29, 0.717) is 24.7 Å². The first-order valence-corrected chi connectivity index (χ1v) is 9.44. The number of ketones is 1. The van der Waals surface area contributed by atoms with Crippen molar-refractivity contribution in [1.29, 1.82) is 0 Å². The van der Waals surface area contributed by atoms with Crippen molar-refractivity contribution < 1.29 is 33.3 Å². The van der Waals surface area contributed by atoms with E-state index in [2.05, 4.69) is 0 Å². The molecule has 1 saturated heterocycles. The second-order valence-corrected chi connectivity index (χ2v) is 6.87. The number of ether oxygens (including phenoxy) is 3. The fraction of sp³-hybridized carbons (Fsp3) is 0.273. The average molecular weight is 413 g/mol. The van der Waals surface area contributed by atoms with Crippen molar-refractivity contribution in [3.05, 3.63) is 65.0 Å². The van der Waals surface area contributed by atoms with Crippen LogP contribution in [0.4, 0.5) is 4.39 Å². The van der Waals surface area contributed by atoms with Gasteiger partial charge >= 0.3 is 0 Å². The standard InChI is InChI=1S/C22H20FNO6/c1-28-9-8-24-19(14-4-2-3-5-15(14)23)18(21(26)22(24)27)20(25)13-6-7-16-17(12-13)30-11-10-29-16/h2-7,12,19,25H,8-11H2,1H3/b20-18-. The largest absolute Gasteiger partial charge is 0.507 e. The molecule has 2 heterocycles. The smallest absolute Gasteiger partial charge is 0.295 e. The number of fused-ring (bicyclic) bond motifs is 1. The second-order valence-electron chi connectivity index (χ2n) is 6.87. The monoisotopic (exact) mass is 413 g/mol. The van der Waals surface area contributed by atoms with Crippen LogP contribution in [0.5, 0.6) is 11.5 Å². The van der Waals surface area contributed by atoms with E-state index in [1.54, 1.807) is 18.2 Å². The first-order valence-electron chi connectivity index (χ1n) is 9.44. The molecule has 1 unspecified atom stereocenters. The number of likely N-dealkylation sites (tertiary alicyclic amines) is 1. The molecule has 30 heavy (non-hydrogen) atoms. The molecule has 156 valence electrons. The zero-order chi connectivity index (χ0) is 21.3. The van der Waals surface area contributed by atoms with Crippen molar-refractivity contribution in [2.45, 2.75) is 6.04 Å². The lowest BCUT2D eigenvalue weighted by molar-refractivity contribution is -0.140. The maximum atomic E-state index is 14.6. The molecule has 0 aromatic heterocycles. The Morgan fingerprint density at radius 3 is 2.63 bits per heavy atom. The third kappa shape index (κ3) is 3.39. The zero-order valence-electron chi connectivity index (χ0n) is 16.3. The van der Waals surface area contributed by atoms with E-state index in [4.69, 9.17) is 14.2 Å². The van der Waals surface area contributed by atoms with Gasteiger partial charge < -0.3 is 24.2 Å². The van der Waals surface area contributed by atoms with Gasteiger partial charge in [0.1, 0.15) is 24.8 Å². The van der Waals surface area contributed by atoms with Gasteiger partial charge in [0.05, 0.1) is 18.2 Å². The normalized spacial score (nSPS) is 19.9. The number of benzene rings is 2. The van der Waals surface area contributed by atoms with Crippen molar-refractivity contribution in [3.63, 3.8) is 0 Å². The number of methoxy groups -OCH3 is 1. The Morgan fingerprint density at radius 1 is 1.17 bits per heavy atom. The highest BCUT2D eigenvalue weighted by atomic mass is 19.1. The molecule has 7 nitrogen and oxygen atoms in total. The van der Waals surface area contributed by atoms with Crippen molar-refractivity contribution in [3.8, 4) is 11.5 Å². The molecule has 0 aliphatic carbocycles. The number of hydrogen-bond acceptors (Lipinski definition) is 6. The maximum Gasteiger partial charge on any atom is 0.295 e. The molecule has 0 saturated carbocycles. The summed E-state index contributed by atoms with van der Waals surface area (Å²) < 4.78 is 30.7. The minimum Gasteiger partial charge on any atom is -0.507 e. The molecule has 4 rings (SSSR count). The molecule has 1 atom stereocenters. The lowest BCUT2D eigenvalue weighted by Gasteiger charge is -2.25. The quantitative estimate of drug-likeness (QED) is 0.461. The van der Waals surface area contributed by atoms with Crippen molar-refractivity contribution >= 4 is 17.4 Å². The summed E-state index contributed by atoms with van der Waals surface area (Å²) in [6.45, 7) is 0.990. The van der Waals surface area contributed by atoms with Crippen LogP contribution < -0.4 is 9.47 Å². The number of rotatable bonds is 5. The zero-order valence-corrected chi connectivity index (χ0v) is 16.3. The van der Waals surface area contributed by atoms with Crippen LogP contribution in [0.2, 0.25) is 0 Å². The molecule has 0 radical (unpaired) electrons. The number of halogens is 1. The van der Waals surface area contributed by atoms with Gasteiger partial charge in [-0.05, 0) is 24.3 Å². The summed E-state index contributed by atoms with van der Waals surface area (Å²) in [5.41, 5.74) is 0.204. The molecule has 2 aromatic rings. The summed E-state index contributed by atoms with van der Waals surface area (Å²) in [5.74, 6) is -1.75. The Hall–Kier alpha value is -3.39. The van der Waals surface area contributed by atoms with Gasteiger partial charge in [0.2, 0.25) is 0 Å². The average Bonchev–Trinajstić information content (AvgIpc) is 3.01. The fourth-order valence-electron chi connectivity index (χ4n) is 3.67. The Labute approximate surface area is 172 Å². The van der Waals surface area contributed by atoms with Crippen LogP contribution in [0.25, 0.3) is 5.76 Å². The fourth-order valence-corrected chi connectivity index (χ4v) is 3.67. The predicted octanol–water partition coefficient (Wildman–Crippen LogP) is 2.67. The van der Waals surface area contributed by atoms with E-state index >= 15 is 0 Å². The maximum absolute atomic E-state index is 14.6. The Kier molecular flexibility index (Phi) is 5.41. The lowest BCUT2D eigenvalue weighted by Crippen LogP contribution is -2.33. The summed E-state index contributed by atoms with van der Waals surface area (Å²) >= 11 is 0. The number of aliphatic hydroxyl groups excluding tert-OH is 1. The van der Waals surface area contributed by atoms with E-state index in [-0.39, 0.29) is 29.9 Å². The molecule has 1 amide bonds. The van der Waals surface area contributed by atoms with Gasteiger partial charge in [0.25, 0.3) is 11.7 Å². The molecule has 0 bridgehead atoms. The number of carbonyl (C=O) groups is 2. The Balaban J connectivity index is 1.85. The highest BCUT2D eigenvalue weighted by molar-refractivity contribution is 6.46. The van der Waals surface area contributed by atoms with Gasteiger partial charge in [0.15, 0.2) is 11.5 Å². The SMILES string of the molecule is COCCN1C(=O)C(=O)/C(=C(\O)c2ccc3c(c2)OCCO3)C1c1ccccc1F. The first kappa shape index (κ1) is 19.9. The van der Waals surface area contributed by atoms with Crippen molar-refractivity contribution in [1.82, 2.24) is 4.90 Å². The molecule has 2 aliphatic rings. The summed E-state index contributed by atoms with van der Waals surface area (Å²) in [5, 5.41) is 11.0. The lowest BCUT2D eigenvalue weighted by atomic mass is 9.95. The molecule has 8 heteroatoms. The van der Waals surface area contributed by atoms with Crippen LogP contribution in [0, 0.1) is 5.82 Å². The van der Waals surface area contributed by atoms with Crippen LogP contribution in [-0.4, -0.2) is 55.2 Å². The molecule has 1 N–H and O–H groups in total. The Morgan fingerprint density at radius 2 is 1.90 bits per heavy atom. The van der Waals surface area contributed by atoms with E-state index in [1.807, 2.05) is 0 Å². The number of carbonyl (C=O) groups excluding carboxylic acids is 2. The van der Waals surface area contributed by atoms with Gasteiger partial charge in [-0.15, -0.1) is 0 Å². The van der Waals surface area contributed by atoms with E-state index in [9.17, 15) is 19.1 Å². The van der Waals surface area contributed by atoms with Crippen LogP contribution in [-0.2, 0) is 14.3 Å². The summed E-state index contributed by atoms with van der Waals surface area (Å²) in [4.78, 5) is 26.8. The van der Waals surface area contributed by atoms with E-state index in [1.165, 1.54) is 36.3 Å². The summed E-state index contributed by atoms with van der Waals surface area (Å²) in [7, 11) is 1.46. The third-order valence-electron chi connectivity index (χ3n) is 5.09. The second kappa shape index (κ2) is 8.16. The summed E-state index contributed by atoms with van der Waals surface area (Å²) in [6, 6.07) is 9.49. The first-order chi connectivity index (χ1) is 14.5. The topological polar surface area (TPSA) is 85.3 Å². The van der Waals surface area contributed by atoms with Gasteiger partial charge in [-0.25, -0.2) is 4.39 Å². The molecule has 0 spiro atoms. The summed E-state index contributed by atoms with van der Waals surface area (Å²) in [6.07, 6.45) is 0. The van der Waals surface area contributed by atoms with E-state index in [0.717, 1.165) is 0 Å². The highest BCUT2D eigenvalue weighted by Crippen LogP contribution is 2.41. The van der Waals surface area contributed by atoms with Crippen LogP contribution in [0.1, 0.15) is 17.2 Å². The highest BCUT2D eigenvalue weighted by Gasteiger charge is 2.46. The van der Waals surface area contributed by atoms with Crippen molar-refractivity contribution in [2.75, 3.05) is 33.5 Å². The molecule has 1 fully saturated rings. The van der Waals surface area contributed by atoms with E-state index < -0.39 is 29.3 Å². The number of hydrogen-bond donors (Lipinski definition) is 1. The Bertz CT molecular complexity index is 1030. The van der Waals surface area contributed by atoms with Crippen LogP contribution in [0.15, 0.2) is 48.0 Å². The number of amides is 1. The predicted molar refractivity (Wildman–Crippen MR) is 105 cm³/mol. The van der Waals surface area contributed by atoms with Gasteiger partial charge in [0, 0.05) is 24.8 Å². The molecule has 2 aliphatic heterocycles. The van der Waals surface area contributed by atoms with Gasteiger partial charge in [-0.2, -0.15) is 0 Å². The minimum atomic E-state index is -1.07. The van der Waals surface area contributed by atoms with Gasteiger partial charge in [-0.1, -0.05) is 18.2 Å². The van der Waals surface area contributed by atoms with Crippen molar-refractivity contribution in [2.24, 2.45) is 0 Å². The number of nitrogens with zero attached hydrogens (tertiary/aromatic N) is 1.